The number of amides is 3. The molecule has 42 heavy (non-hydrogen) atoms. The van der Waals surface area contributed by atoms with Crippen LogP contribution in [0.2, 0.25) is 0 Å². The van der Waals surface area contributed by atoms with E-state index >= 15 is 0 Å². The summed E-state index contributed by atoms with van der Waals surface area (Å²) in [5.74, 6) is 1.71. The third kappa shape index (κ3) is 7.94. The summed E-state index contributed by atoms with van der Waals surface area (Å²) in [7, 11) is 3.22. The third-order valence-electron chi connectivity index (χ3n) is 6.68. The highest BCUT2D eigenvalue weighted by atomic mass is 16.5. The van der Waals surface area contributed by atoms with Crippen molar-refractivity contribution in [3.05, 3.63) is 48.0 Å². The van der Waals surface area contributed by atoms with Gasteiger partial charge in [0.1, 0.15) is 5.82 Å². The van der Waals surface area contributed by atoms with Crippen LogP contribution >= 0.6 is 0 Å². The number of carbonyl (C=O) groups excluding carboxylic acids is 3. The van der Waals surface area contributed by atoms with Gasteiger partial charge in [-0.3, -0.25) is 24.6 Å². The SMILES string of the molecule is COc1cc2cc3c(Nc4cccc(C(=O)NCCOCCC(=O)NCCCCNC(C)=O)c4)[nH][nH]c-3c2cc1OC. The van der Waals surface area contributed by atoms with Gasteiger partial charge in [0.05, 0.1) is 33.1 Å². The minimum Gasteiger partial charge on any atom is -0.493 e. The monoisotopic (exact) mass is 578 g/mol. The first kappa shape index (κ1) is 30.3. The molecule has 0 atom stereocenters. The van der Waals surface area contributed by atoms with Crippen LogP contribution in [0.1, 0.15) is 36.5 Å². The second-order valence-corrected chi connectivity index (χ2v) is 9.72. The Balaban J connectivity index is 1.20. The zero-order valence-corrected chi connectivity index (χ0v) is 24.1. The number of nitrogens with one attached hydrogen (secondary N) is 6. The number of H-pyrrole nitrogens is 2. The maximum Gasteiger partial charge on any atom is 0.251 e. The maximum absolute atomic E-state index is 12.7. The zero-order chi connectivity index (χ0) is 29.9. The lowest BCUT2D eigenvalue weighted by Gasteiger charge is -2.09. The maximum atomic E-state index is 12.7. The molecule has 0 unspecified atom stereocenters. The Labute approximate surface area is 244 Å². The highest BCUT2D eigenvalue weighted by molar-refractivity contribution is 6.05. The predicted octanol–water partition coefficient (Wildman–Crippen LogP) is 3.53. The molecule has 0 saturated heterocycles. The van der Waals surface area contributed by atoms with Crippen molar-refractivity contribution in [2.45, 2.75) is 26.2 Å². The van der Waals surface area contributed by atoms with Gasteiger partial charge in [-0.15, -0.1) is 0 Å². The van der Waals surface area contributed by atoms with Crippen LogP contribution < -0.4 is 30.7 Å². The van der Waals surface area contributed by atoms with E-state index in [1.807, 2.05) is 24.3 Å². The first-order valence-corrected chi connectivity index (χ1v) is 13.9. The van der Waals surface area contributed by atoms with Gasteiger partial charge in [-0.05, 0) is 54.6 Å². The van der Waals surface area contributed by atoms with Crippen LogP contribution in [-0.4, -0.2) is 75.0 Å². The summed E-state index contributed by atoms with van der Waals surface area (Å²) in [6.07, 6.45) is 1.84. The van der Waals surface area contributed by atoms with Crippen LogP contribution in [0.15, 0.2) is 42.5 Å². The van der Waals surface area contributed by atoms with E-state index in [0.717, 1.165) is 46.4 Å². The molecule has 224 valence electrons. The number of methoxy groups -OCH3 is 2. The van der Waals surface area contributed by atoms with Crippen molar-refractivity contribution in [3.8, 4) is 22.8 Å². The molecule has 12 heteroatoms. The standard InChI is InChI=1S/C30H38N6O6/c1-19(37)31-10-4-5-11-32-27(38)9-13-42-14-12-33-30(39)20-7-6-8-22(15-20)34-29-24-16-21-17-25(40-2)26(41-3)18-23(21)28(24)35-36-29/h6-8,15-18,34-36H,4-5,9-14H2,1-3H3,(H,31,37)(H,32,38)(H,33,39). The van der Waals surface area contributed by atoms with Gasteiger partial charge in [-0.25, -0.2) is 0 Å². The lowest BCUT2D eigenvalue weighted by atomic mass is 10.1. The number of benzene rings is 2. The minimum atomic E-state index is -0.222. The summed E-state index contributed by atoms with van der Waals surface area (Å²) in [4.78, 5) is 35.4. The summed E-state index contributed by atoms with van der Waals surface area (Å²) in [5, 5.41) is 20.1. The van der Waals surface area contributed by atoms with E-state index in [0.29, 0.717) is 43.3 Å². The van der Waals surface area contributed by atoms with Crippen molar-refractivity contribution >= 4 is 40.0 Å². The number of ether oxygens (including phenoxy) is 3. The van der Waals surface area contributed by atoms with Gasteiger partial charge in [-0.1, -0.05) is 6.07 Å². The number of fused-ring (bicyclic) bond motifs is 3. The molecule has 4 rings (SSSR count). The van der Waals surface area contributed by atoms with Gasteiger partial charge in [-0.2, -0.15) is 0 Å². The molecule has 0 radical (unpaired) electrons. The number of hydrogen-bond acceptors (Lipinski definition) is 7. The number of hydrogen-bond donors (Lipinski definition) is 6. The van der Waals surface area contributed by atoms with Gasteiger partial charge in [0.2, 0.25) is 11.8 Å². The smallest absolute Gasteiger partial charge is 0.251 e. The molecule has 0 saturated carbocycles. The molecular formula is C30H38N6O6. The summed E-state index contributed by atoms with van der Waals surface area (Å²) in [6.45, 7) is 3.53. The van der Waals surface area contributed by atoms with E-state index in [1.54, 1.807) is 26.4 Å². The molecule has 2 aromatic carbocycles. The summed E-state index contributed by atoms with van der Waals surface area (Å²) in [5.41, 5.74) is 3.14. The summed E-state index contributed by atoms with van der Waals surface area (Å²) >= 11 is 0. The van der Waals surface area contributed by atoms with Gasteiger partial charge >= 0.3 is 0 Å². The number of unbranched alkanes of at least 4 members (excludes halogenated alkanes) is 1. The number of aromatic nitrogens is 2. The number of aromatic amines is 2. The molecule has 0 bridgehead atoms. The van der Waals surface area contributed by atoms with E-state index in [-0.39, 0.29) is 30.7 Å². The van der Waals surface area contributed by atoms with Gasteiger partial charge in [0.15, 0.2) is 11.5 Å². The van der Waals surface area contributed by atoms with Crippen LogP contribution in [0.4, 0.5) is 11.5 Å². The fourth-order valence-corrected chi connectivity index (χ4v) is 4.55. The number of carbonyl (C=O) groups is 3. The van der Waals surface area contributed by atoms with Gasteiger partial charge < -0.3 is 35.5 Å². The molecule has 1 aliphatic heterocycles. The van der Waals surface area contributed by atoms with Crippen molar-refractivity contribution in [2.75, 3.05) is 52.4 Å². The van der Waals surface area contributed by atoms with Crippen molar-refractivity contribution in [1.82, 2.24) is 26.1 Å². The van der Waals surface area contributed by atoms with Crippen molar-refractivity contribution in [3.63, 3.8) is 0 Å². The fraction of sp³-hybridized carbons (Fsp3) is 0.367. The Hall–Kier alpha value is -4.71. The molecule has 1 aliphatic carbocycles. The van der Waals surface area contributed by atoms with Gasteiger partial charge in [0.25, 0.3) is 5.91 Å². The topological polar surface area (TPSA) is 159 Å². The van der Waals surface area contributed by atoms with Crippen LogP contribution in [0.5, 0.6) is 11.5 Å². The highest BCUT2D eigenvalue weighted by Gasteiger charge is 2.19. The average molecular weight is 579 g/mol. The van der Waals surface area contributed by atoms with Crippen molar-refractivity contribution in [1.29, 1.82) is 0 Å². The molecule has 6 N–H and O–H groups in total. The molecule has 3 amide bonds. The molecule has 12 nitrogen and oxygen atoms in total. The van der Waals surface area contributed by atoms with Crippen LogP contribution in [0, 0.1) is 0 Å². The Bertz CT molecular complexity index is 1480. The van der Waals surface area contributed by atoms with Crippen LogP contribution in [0.25, 0.3) is 22.0 Å². The quantitative estimate of drug-likeness (QED) is 0.111. The number of rotatable bonds is 16. The van der Waals surface area contributed by atoms with Crippen molar-refractivity contribution in [2.24, 2.45) is 0 Å². The lowest BCUT2D eigenvalue weighted by molar-refractivity contribution is -0.122. The average Bonchev–Trinajstić information content (AvgIpc) is 3.54. The lowest BCUT2D eigenvalue weighted by Crippen LogP contribution is -2.29. The first-order chi connectivity index (χ1) is 20.4. The van der Waals surface area contributed by atoms with E-state index in [1.165, 1.54) is 6.92 Å². The fourth-order valence-electron chi connectivity index (χ4n) is 4.55. The molecule has 0 fully saturated rings. The second-order valence-electron chi connectivity index (χ2n) is 9.72. The Morgan fingerprint density at radius 3 is 2.36 bits per heavy atom. The predicted molar refractivity (Wildman–Crippen MR) is 161 cm³/mol. The third-order valence-corrected chi connectivity index (χ3v) is 6.68. The molecule has 2 aromatic rings. The van der Waals surface area contributed by atoms with Crippen LogP contribution in [-0.2, 0) is 14.3 Å². The molecule has 0 spiro atoms. The van der Waals surface area contributed by atoms with E-state index < -0.39 is 0 Å². The molecule has 1 heterocycles. The molecular weight excluding hydrogens is 540 g/mol. The minimum absolute atomic E-state index is 0.0537. The molecule has 0 aromatic heterocycles. The highest BCUT2D eigenvalue weighted by Crippen LogP contribution is 2.42. The Morgan fingerprint density at radius 1 is 0.833 bits per heavy atom. The Kier molecular flexibility index (Phi) is 10.6. The largest absolute Gasteiger partial charge is 0.493 e. The first-order valence-electron chi connectivity index (χ1n) is 13.9. The normalized spacial score (nSPS) is 10.9. The van der Waals surface area contributed by atoms with Crippen LogP contribution in [0.3, 0.4) is 0 Å². The zero-order valence-electron chi connectivity index (χ0n) is 24.1. The van der Waals surface area contributed by atoms with E-state index in [2.05, 4.69) is 37.5 Å². The van der Waals surface area contributed by atoms with Crippen molar-refractivity contribution < 1.29 is 28.6 Å². The second kappa shape index (κ2) is 14.8. The number of anilines is 2. The Morgan fingerprint density at radius 2 is 1.60 bits per heavy atom. The summed E-state index contributed by atoms with van der Waals surface area (Å²) in [6, 6.07) is 13.1. The van der Waals surface area contributed by atoms with Gasteiger partial charge in [0, 0.05) is 55.2 Å². The van der Waals surface area contributed by atoms with E-state index in [9.17, 15) is 14.4 Å². The summed E-state index contributed by atoms with van der Waals surface area (Å²) < 4.78 is 16.4. The van der Waals surface area contributed by atoms with E-state index in [4.69, 9.17) is 14.2 Å². The molecule has 2 aliphatic rings.